The molecule has 0 saturated heterocycles. The van der Waals surface area contributed by atoms with E-state index in [1.165, 1.54) is 0 Å². The molecule has 0 spiro atoms. The van der Waals surface area contributed by atoms with Crippen LogP contribution in [0, 0.1) is 0 Å². The lowest BCUT2D eigenvalue weighted by Crippen LogP contribution is -2.15. The predicted octanol–water partition coefficient (Wildman–Crippen LogP) is 0.857. The third-order valence-corrected chi connectivity index (χ3v) is 1.74. The molecule has 0 aliphatic carbocycles. The highest BCUT2D eigenvalue weighted by atomic mass is 16.1. The first-order valence-electron chi connectivity index (χ1n) is 3.50. The molecule has 0 bridgehead atoms. The molecule has 3 heteroatoms. The third kappa shape index (κ3) is 0.941. The van der Waals surface area contributed by atoms with E-state index in [9.17, 15) is 4.79 Å². The summed E-state index contributed by atoms with van der Waals surface area (Å²) in [5.41, 5.74) is 1.73. The van der Waals surface area contributed by atoms with Crippen molar-refractivity contribution in [2.75, 3.05) is 5.32 Å². The van der Waals surface area contributed by atoms with E-state index < -0.39 is 0 Å². The van der Waals surface area contributed by atoms with Crippen LogP contribution < -0.4 is 10.9 Å². The molecule has 2 rings (SSSR count). The van der Waals surface area contributed by atoms with Crippen LogP contribution in [0.25, 0.3) is 0 Å². The van der Waals surface area contributed by atoms with Gasteiger partial charge in [0.25, 0.3) is 5.56 Å². The van der Waals surface area contributed by atoms with E-state index in [1.54, 1.807) is 6.20 Å². The summed E-state index contributed by atoms with van der Waals surface area (Å²) in [7, 11) is 0. The van der Waals surface area contributed by atoms with Gasteiger partial charge in [0.1, 0.15) is 0 Å². The molecule has 0 amide bonds. The molecule has 2 heterocycles. The second kappa shape index (κ2) is 2.27. The summed E-state index contributed by atoms with van der Waals surface area (Å²) < 4.78 is 0. The molecule has 0 unspecified atom stereocenters. The van der Waals surface area contributed by atoms with Crippen molar-refractivity contribution in [3.05, 3.63) is 40.5 Å². The highest BCUT2D eigenvalue weighted by Gasteiger charge is 2.06. The molecule has 0 radical (unpaired) electrons. The number of H-pyrrole nitrogens is 1. The van der Waals surface area contributed by atoms with Gasteiger partial charge in [0.15, 0.2) is 0 Å². The smallest absolute Gasteiger partial charge is 0.253 e. The minimum Gasteiger partial charge on any atom is -0.362 e. The zero-order valence-electron chi connectivity index (χ0n) is 5.92. The van der Waals surface area contributed by atoms with Gasteiger partial charge in [-0.3, -0.25) is 4.79 Å². The van der Waals surface area contributed by atoms with Crippen molar-refractivity contribution in [1.29, 1.82) is 0 Å². The molecular weight excluding hydrogens is 140 g/mol. The SMILES string of the molecule is O=c1[nH]ccc2c1CC=CN2. The van der Waals surface area contributed by atoms with E-state index in [2.05, 4.69) is 10.3 Å². The van der Waals surface area contributed by atoms with Gasteiger partial charge in [0.05, 0.1) is 0 Å². The van der Waals surface area contributed by atoms with Crippen molar-refractivity contribution < 1.29 is 0 Å². The quantitative estimate of drug-likeness (QED) is 0.573. The predicted molar refractivity (Wildman–Crippen MR) is 43.5 cm³/mol. The number of allylic oxidation sites excluding steroid dienone is 1. The van der Waals surface area contributed by atoms with E-state index in [-0.39, 0.29) is 5.56 Å². The largest absolute Gasteiger partial charge is 0.362 e. The Balaban J connectivity index is 2.63. The number of hydrogen-bond acceptors (Lipinski definition) is 2. The fourth-order valence-corrected chi connectivity index (χ4v) is 1.17. The van der Waals surface area contributed by atoms with E-state index in [0.717, 1.165) is 17.7 Å². The van der Waals surface area contributed by atoms with Crippen molar-refractivity contribution in [3.63, 3.8) is 0 Å². The van der Waals surface area contributed by atoms with E-state index in [0.29, 0.717) is 0 Å². The molecule has 56 valence electrons. The molecule has 0 aromatic carbocycles. The molecule has 1 aromatic heterocycles. The van der Waals surface area contributed by atoms with E-state index >= 15 is 0 Å². The number of hydrogen-bond donors (Lipinski definition) is 2. The van der Waals surface area contributed by atoms with Crippen LogP contribution in [0.15, 0.2) is 29.3 Å². The fourth-order valence-electron chi connectivity index (χ4n) is 1.17. The van der Waals surface area contributed by atoms with Crippen LogP contribution in [0.1, 0.15) is 5.56 Å². The first kappa shape index (κ1) is 6.22. The number of aromatic amines is 1. The Bertz CT molecular complexity index is 351. The van der Waals surface area contributed by atoms with Crippen molar-refractivity contribution in [3.8, 4) is 0 Å². The molecular formula is C8H8N2O. The highest BCUT2D eigenvalue weighted by Crippen LogP contribution is 2.14. The minimum absolute atomic E-state index is 0.000602. The van der Waals surface area contributed by atoms with Gasteiger partial charge in [-0.25, -0.2) is 0 Å². The van der Waals surface area contributed by atoms with Crippen molar-refractivity contribution in [1.82, 2.24) is 4.98 Å². The van der Waals surface area contributed by atoms with Crippen LogP contribution in [0.3, 0.4) is 0 Å². The van der Waals surface area contributed by atoms with Crippen molar-refractivity contribution in [2.24, 2.45) is 0 Å². The van der Waals surface area contributed by atoms with Crippen molar-refractivity contribution in [2.45, 2.75) is 6.42 Å². The van der Waals surface area contributed by atoms with Gasteiger partial charge in [-0.15, -0.1) is 0 Å². The van der Waals surface area contributed by atoms with Gasteiger partial charge < -0.3 is 10.3 Å². The average molecular weight is 148 g/mol. The van der Waals surface area contributed by atoms with Crippen LogP contribution in [-0.4, -0.2) is 4.98 Å². The lowest BCUT2D eigenvalue weighted by atomic mass is 10.1. The summed E-state index contributed by atoms with van der Waals surface area (Å²) in [5, 5.41) is 3.00. The topological polar surface area (TPSA) is 44.9 Å². The molecule has 2 N–H and O–H groups in total. The Labute approximate surface area is 63.8 Å². The van der Waals surface area contributed by atoms with E-state index in [1.807, 2.05) is 18.3 Å². The molecule has 1 aliphatic rings. The number of anilines is 1. The maximum Gasteiger partial charge on any atom is 0.253 e. The molecule has 0 atom stereocenters. The van der Waals surface area contributed by atoms with Crippen LogP contribution in [0.4, 0.5) is 5.69 Å². The number of aromatic nitrogens is 1. The molecule has 11 heavy (non-hydrogen) atoms. The van der Waals surface area contributed by atoms with Crippen LogP contribution >= 0.6 is 0 Å². The highest BCUT2D eigenvalue weighted by molar-refractivity contribution is 5.54. The van der Waals surface area contributed by atoms with Gasteiger partial charge in [-0.1, -0.05) is 6.08 Å². The molecule has 0 saturated carbocycles. The summed E-state index contributed by atoms with van der Waals surface area (Å²) in [6.07, 6.45) is 6.14. The molecule has 0 fully saturated rings. The summed E-state index contributed by atoms with van der Waals surface area (Å²) >= 11 is 0. The number of fused-ring (bicyclic) bond motifs is 1. The normalized spacial score (nSPS) is 13.8. The minimum atomic E-state index is -0.000602. The number of pyridine rings is 1. The van der Waals surface area contributed by atoms with Gasteiger partial charge in [-0.05, 0) is 18.7 Å². The summed E-state index contributed by atoms with van der Waals surface area (Å²) in [6, 6.07) is 1.86. The fraction of sp³-hybridized carbons (Fsp3) is 0.125. The summed E-state index contributed by atoms with van der Waals surface area (Å²) in [4.78, 5) is 13.8. The first-order chi connectivity index (χ1) is 5.38. The van der Waals surface area contributed by atoms with Crippen LogP contribution in [0.5, 0.6) is 0 Å². The molecule has 3 nitrogen and oxygen atoms in total. The van der Waals surface area contributed by atoms with Gasteiger partial charge >= 0.3 is 0 Å². The Morgan fingerprint density at radius 2 is 2.36 bits per heavy atom. The summed E-state index contributed by atoms with van der Waals surface area (Å²) in [6.45, 7) is 0. The average Bonchev–Trinajstić information content (AvgIpc) is 2.06. The monoisotopic (exact) mass is 148 g/mol. The second-order valence-electron chi connectivity index (χ2n) is 2.45. The number of rotatable bonds is 0. The Hall–Kier alpha value is -1.51. The lowest BCUT2D eigenvalue weighted by molar-refractivity contribution is 1.11. The van der Waals surface area contributed by atoms with Gasteiger partial charge in [-0.2, -0.15) is 0 Å². The second-order valence-corrected chi connectivity index (χ2v) is 2.45. The Morgan fingerprint density at radius 3 is 3.18 bits per heavy atom. The first-order valence-corrected chi connectivity index (χ1v) is 3.50. The zero-order valence-corrected chi connectivity index (χ0v) is 5.92. The maximum atomic E-state index is 11.1. The number of nitrogens with one attached hydrogen (secondary N) is 2. The Kier molecular flexibility index (Phi) is 1.28. The zero-order chi connectivity index (χ0) is 7.68. The third-order valence-electron chi connectivity index (χ3n) is 1.74. The standard InChI is InChI=1S/C8H8N2O/c11-8-6-2-1-4-9-7(6)3-5-10-8/h1,3-5,9H,2H2,(H,10,11). The van der Waals surface area contributed by atoms with Crippen LogP contribution in [0.2, 0.25) is 0 Å². The maximum absolute atomic E-state index is 11.1. The van der Waals surface area contributed by atoms with Gasteiger partial charge in [0, 0.05) is 17.4 Å². The molecule has 1 aliphatic heterocycles. The summed E-state index contributed by atoms with van der Waals surface area (Å²) in [5.74, 6) is 0. The lowest BCUT2D eigenvalue weighted by Gasteiger charge is -2.09. The van der Waals surface area contributed by atoms with E-state index in [4.69, 9.17) is 0 Å². The van der Waals surface area contributed by atoms with Crippen molar-refractivity contribution >= 4 is 5.69 Å². The van der Waals surface area contributed by atoms with Gasteiger partial charge in [0.2, 0.25) is 0 Å². The van der Waals surface area contributed by atoms with Crippen LogP contribution in [-0.2, 0) is 6.42 Å². The molecule has 1 aromatic rings. The Morgan fingerprint density at radius 1 is 1.45 bits per heavy atom.